The molecular weight excluding hydrogens is 340 g/mol. The highest BCUT2D eigenvalue weighted by molar-refractivity contribution is 7.84. The largest absolute Gasteiger partial charge is 0.379 e. The molecule has 138 valence electrons. The van der Waals surface area contributed by atoms with Gasteiger partial charge in [0.05, 0.1) is 30.6 Å². The van der Waals surface area contributed by atoms with E-state index in [-0.39, 0.29) is 0 Å². The van der Waals surface area contributed by atoms with Crippen LogP contribution in [0.2, 0.25) is 0 Å². The average Bonchev–Trinajstić information content (AvgIpc) is 3.04. The Morgan fingerprint density at radius 3 is 3.04 bits per heavy atom. The molecule has 0 bridgehead atoms. The lowest BCUT2D eigenvalue weighted by Crippen LogP contribution is -2.45. The van der Waals surface area contributed by atoms with Crippen molar-refractivity contribution < 1.29 is 8.95 Å². The molecule has 2 N–H and O–H groups in total. The fourth-order valence-electron chi connectivity index (χ4n) is 3.76. The van der Waals surface area contributed by atoms with E-state index in [1.54, 1.807) is 6.26 Å². The van der Waals surface area contributed by atoms with Gasteiger partial charge in [-0.15, -0.1) is 5.10 Å². The number of hydrogen-bond acceptors (Lipinski definition) is 7. The predicted octanol–water partition coefficient (Wildman–Crippen LogP) is 0.169. The van der Waals surface area contributed by atoms with Gasteiger partial charge < -0.3 is 15.4 Å². The molecular formula is C16H26N6O2S. The van der Waals surface area contributed by atoms with Crippen LogP contribution in [0.1, 0.15) is 19.3 Å². The molecule has 2 aliphatic heterocycles. The van der Waals surface area contributed by atoms with Crippen LogP contribution >= 0.6 is 0 Å². The van der Waals surface area contributed by atoms with Crippen molar-refractivity contribution in [3.8, 4) is 0 Å². The number of hydrogen-bond donors (Lipinski definition) is 2. The van der Waals surface area contributed by atoms with E-state index in [2.05, 4.69) is 25.6 Å². The van der Waals surface area contributed by atoms with Crippen LogP contribution in [0, 0.1) is 0 Å². The molecule has 3 aliphatic rings. The van der Waals surface area contributed by atoms with Gasteiger partial charge in [0.1, 0.15) is 0 Å². The molecule has 1 aromatic rings. The van der Waals surface area contributed by atoms with Gasteiger partial charge in [0.15, 0.2) is 0 Å². The molecule has 0 saturated carbocycles. The zero-order valence-corrected chi connectivity index (χ0v) is 15.5. The van der Waals surface area contributed by atoms with Crippen molar-refractivity contribution in [2.24, 2.45) is 0 Å². The van der Waals surface area contributed by atoms with E-state index in [0.29, 0.717) is 17.1 Å². The van der Waals surface area contributed by atoms with Gasteiger partial charge in [-0.05, 0) is 24.8 Å². The molecule has 0 amide bonds. The van der Waals surface area contributed by atoms with Gasteiger partial charge in [-0.2, -0.15) is 4.98 Å². The van der Waals surface area contributed by atoms with E-state index in [1.807, 2.05) is 4.68 Å². The fraction of sp³-hybridized carbons (Fsp3) is 0.750. The summed E-state index contributed by atoms with van der Waals surface area (Å²) in [5, 5.41) is 11.9. The molecule has 2 atom stereocenters. The first-order chi connectivity index (χ1) is 12.2. The summed E-state index contributed by atoms with van der Waals surface area (Å²) in [6, 6.07) is 0.339. The molecule has 8 nitrogen and oxygen atoms in total. The maximum atomic E-state index is 11.6. The van der Waals surface area contributed by atoms with E-state index >= 15 is 0 Å². The minimum absolute atomic E-state index is 0.339. The Morgan fingerprint density at radius 2 is 2.24 bits per heavy atom. The number of aromatic nitrogens is 3. The summed E-state index contributed by atoms with van der Waals surface area (Å²) in [4.78, 5) is 6.83. The van der Waals surface area contributed by atoms with Gasteiger partial charge in [0.25, 0.3) is 0 Å². The van der Waals surface area contributed by atoms with Crippen molar-refractivity contribution >= 4 is 16.7 Å². The van der Waals surface area contributed by atoms with Crippen LogP contribution in [0.5, 0.6) is 0 Å². The zero-order valence-electron chi connectivity index (χ0n) is 14.7. The van der Waals surface area contributed by atoms with E-state index in [9.17, 15) is 4.21 Å². The molecule has 3 heterocycles. The Balaban J connectivity index is 1.39. The Morgan fingerprint density at radius 1 is 1.40 bits per heavy atom. The Hall–Kier alpha value is -1.29. The number of nitrogens with zero attached hydrogens (tertiary/aromatic N) is 4. The minimum atomic E-state index is -1.15. The summed E-state index contributed by atoms with van der Waals surface area (Å²) in [5.41, 5.74) is 2.64. The standard InChI is InChI=1S/C16H26N6O2S/c1-25(23)16-19-15-18-14-12(11-22(15)20-16)3-2-4-13(14)17-5-6-21-7-9-24-10-8-21/h13,17H,2-11H2,1H3,(H,18,19,20). The van der Waals surface area contributed by atoms with Crippen LogP contribution in [-0.2, 0) is 22.1 Å². The second kappa shape index (κ2) is 7.53. The van der Waals surface area contributed by atoms with Gasteiger partial charge >= 0.3 is 0 Å². The van der Waals surface area contributed by atoms with Crippen molar-refractivity contribution in [1.82, 2.24) is 25.0 Å². The quantitative estimate of drug-likeness (QED) is 0.768. The highest BCUT2D eigenvalue weighted by Gasteiger charge is 2.29. The Bertz CT molecular complexity index is 682. The van der Waals surface area contributed by atoms with Gasteiger partial charge in [0.2, 0.25) is 11.1 Å². The van der Waals surface area contributed by atoms with Crippen molar-refractivity contribution in [2.75, 3.05) is 51.0 Å². The number of allylic oxidation sites excluding steroid dienone is 1. The van der Waals surface area contributed by atoms with Crippen LogP contribution in [0.15, 0.2) is 16.4 Å². The van der Waals surface area contributed by atoms with Crippen LogP contribution < -0.4 is 10.6 Å². The second-order valence-corrected chi connectivity index (χ2v) is 8.10. The molecule has 0 aromatic carbocycles. The van der Waals surface area contributed by atoms with Crippen molar-refractivity contribution in [1.29, 1.82) is 0 Å². The first-order valence-electron chi connectivity index (χ1n) is 9.01. The minimum Gasteiger partial charge on any atom is -0.379 e. The maximum Gasteiger partial charge on any atom is 0.240 e. The average molecular weight is 366 g/mol. The first-order valence-corrected chi connectivity index (χ1v) is 10.6. The molecule has 25 heavy (non-hydrogen) atoms. The Kier molecular flexibility index (Phi) is 5.16. The zero-order chi connectivity index (χ0) is 17.2. The van der Waals surface area contributed by atoms with E-state index in [4.69, 9.17) is 4.74 Å². The van der Waals surface area contributed by atoms with Crippen molar-refractivity contribution in [3.05, 3.63) is 11.3 Å². The third-order valence-corrected chi connectivity index (χ3v) is 5.81. The number of rotatable bonds is 5. The van der Waals surface area contributed by atoms with Crippen molar-refractivity contribution in [2.45, 2.75) is 37.0 Å². The number of ether oxygens (including phenoxy) is 1. The number of morpholine rings is 1. The summed E-state index contributed by atoms with van der Waals surface area (Å²) in [7, 11) is -1.15. The highest BCUT2D eigenvalue weighted by atomic mass is 32.2. The molecule has 2 unspecified atom stereocenters. The normalized spacial score (nSPS) is 25.2. The second-order valence-electron chi connectivity index (χ2n) is 6.82. The van der Waals surface area contributed by atoms with Gasteiger partial charge in [0, 0.05) is 44.2 Å². The topological polar surface area (TPSA) is 84.3 Å². The number of nitrogens with one attached hydrogen (secondary N) is 2. The summed E-state index contributed by atoms with van der Waals surface area (Å²) in [6.45, 7) is 6.52. The number of fused-ring (bicyclic) bond motifs is 1. The third kappa shape index (κ3) is 3.79. The molecule has 1 saturated heterocycles. The summed E-state index contributed by atoms with van der Waals surface area (Å²) in [5.74, 6) is 0.714. The third-order valence-electron chi connectivity index (χ3n) is 5.12. The lowest BCUT2D eigenvalue weighted by molar-refractivity contribution is 0.0382. The van der Waals surface area contributed by atoms with Gasteiger partial charge in [-0.3, -0.25) is 9.11 Å². The molecule has 9 heteroatoms. The maximum absolute atomic E-state index is 11.6. The fourth-order valence-corrected chi connectivity index (χ4v) is 4.19. The van der Waals surface area contributed by atoms with E-state index in [1.165, 1.54) is 17.7 Å². The molecule has 0 spiro atoms. The molecule has 1 aliphatic carbocycles. The smallest absolute Gasteiger partial charge is 0.240 e. The SMILES string of the molecule is CS(=O)c1nc2n(n1)CC1=C(N2)C(NCCN2CCOCC2)CCC1. The monoisotopic (exact) mass is 366 g/mol. The summed E-state index contributed by atoms with van der Waals surface area (Å²) >= 11 is 0. The summed E-state index contributed by atoms with van der Waals surface area (Å²) in [6.07, 6.45) is 5.03. The predicted molar refractivity (Wildman–Crippen MR) is 95.9 cm³/mol. The van der Waals surface area contributed by atoms with E-state index in [0.717, 1.165) is 58.8 Å². The highest BCUT2D eigenvalue weighted by Crippen LogP contribution is 2.31. The van der Waals surface area contributed by atoms with Crippen LogP contribution in [0.25, 0.3) is 0 Å². The molecule has 4 rings (SSSR count). The van der Waals surface area contributed by atoms with Gasteiger partial charge in [-0.1, -0.05) is 0 Å². The molecule has 0 radical (unpaired) electrons. The lowest BCUT2D eigenvalue weighted by Gasteiger charge is -2.34. The first kappa shape index (κ1) is 17.1. The summed E-state index contributed by atoms with van der Waals surface area (Å²) < 4.78 is 18.9. The lowest BCUT2D eigenvalue weighted by atomic mass is 9.91. The molecule has 1 fully saturated rings. The Labute approximate surface area is 150 Å². The van der Waals surface area contributed by atoms with Crippen LogP contribution in [0.4, 0.5) is 5.95 Å². The number of anilines is 1. The molecule has 1 aromatic heterocycles. The van der Waals surface area contributed by atoms with Crippen LogP contribution in [-0.4, -0.2) is 75.6 Å². The van der Waals surface area contributed by atoms with Crippen LogP contribution in [0.3, 0.4) is 0 Å². The van der Waals surface area contributed by atoms with Crippen molar-refractivity contribution in [3.63, 3.8) is 0 Å². The van der Waals surface area contributed by atoms with Gasteiger partial charge in [-0.25, -0.2) is 4.68 Å². The van der Waals surface area contributed by atoms with E-state index < -0.39 is 10.8 Å².